The minimum absolute atomic E-state index is 0.0755. The molecule has 0 unspecified atom stereocenters. The topological polar surface area (TPSA) is 34.9 Å². The number of hydrogen-bond acceptors (Lipinski definition) is 2. The van der Waals surface area contributed by atoms with E-state index in [0.29, 0.717) is 11.3 Å². The molecule has 2 aromatic rings. The van der Waals surface area contributed by atoms with E-state index in [1.165, 1.54) is 24.3 Å². The summed E-state index contributed by atoms with van der Waals surface area (Å²) in [6.07, 6.45) is 0. The van der Waals surface area contributed by atoms with E-state index >= 15 is 0 Å². The van der Waals surface area contributed by atoms with E-state index in [9.17, 15) is 13.6 Å². The van der Waals surface area contributed by atoms with Crippen LogP contribution in [0.15, 0.2) is 41.2 Å². The Labute approximate surface area is 96.3 Å². The van der Waals surface area contributed by atoms with Crippen LogP contribution in [-0.4, -0.2) is 16.5 Å². The summed E-state index contributed by atoms with van der Waals surface area (Å²) in [5.74, 6) is -0.342. The second-order valence-corrected chi connectivity index (χ2v) is 3.48. The monoisotopic (exact) mass is 236 g/mol. The molecule has 0 saturated heterocycles. The molecule has 2 rings (SSSR count). The molecule has 0 bridgehead atoms. The number of alkyl halides is 1. The van der Waals surface area contributed by atoms with Crippen molar-refractivity contribution in [2.75, 3.05) is 6.67 Å². The zero-order valence-electron chi connectivity index (χ0n) is 8.94. The van der Waals surface area contributed by atoms with Crippen LogP contribution in [0.25, 0.3) is 11.3 Å². The lowest BCUT2D eigenvalue weighted by Gasteiger charge is -2.04. The van der Waals surface area contributed by atoms with Crippen molar-refractivity contribution >= 4 is 0 Å². The lowest BCUT2D eigenvalue weighted by molar-refractivity contribution is 0.418. The predicted molar refractivity (Wildman–Crippen MR) is 59.9 cm³/mol. The maximum absolute atomic E-state index is 12.7. The van der Waals surface area contributed by atoms with Gasteiger partial charge in [-0.1, -0.05) is 0 Å². The van der Waals surface area contributed by atoms with Crippen LogP contribution >= 0.6 is 0 Å². The summed E-state index contributed by atoms with van der Waals surface area (Å²) in [7, 11) is 0. The maximum atomic E-state index is 12.7. The third kappa shape index (κ3) is 2.55. The Kier molecular flexibility index (Phi) is 3.27. The molecule has 1 heterocycles. The van der Waals surface area contributed by atoms with Crippen LogP contribution in [0.4, 0.5) is 8.78 Å². The van der Waals surface area contributed by atoms with Gasteiger partial charge in [-0.05, 0) is 30.3 Å². The fraction of sp³-hybridized carbons (Fsp3) is 0.167. The fourth-order valence-corrected chi connectivity index (χ4v) is 1.46. The van der Waals surface area contributed by atoms with Gasteiger partial charge in [0, 0.05) is 11.6 Å². The zero-order chi connectivity index (χ0) is 12.3. The van der Waals surface area contributed by atoms with Gasteiger partial charge in [0.2, 0.25) is 0 Å². The summed E-state index contributed by atoms with van der Waals surface area (Å²) in [5, 5.41) is 4.00. The van der Waals surface area contributed by atoms with E-state index in [4.69, 9.17) is 0 Å². The van der Waals surface area contributed by atoms with Gasteiger partial charge in [0.25, 0.3) is 5.56 Å². The van der Waals surface area contributed by atoms with Crippen molar-refractivity contribution < 1.29 is 8.78 Å². The molecule has 1 aromatic heterocycles. The van der Waals surface area contributed by atoms with Gasteiger partial charge in [0.05, 0.1) is 12.2 Å². The molecule has 0 amide bonds. The Morgan fingerprint density at radius 1 is 1.12 bits per heavy atom. The molecule has 0 fully saturated rings. The largest absolute Gasteiger partial charge is 0.268 e. The van der Waals surface area contributed by atoms with Crippen molar-refractivity contribution in [3.8, 4) is 11.3 Å². The zero-order valence-corrected chi connectivity index (χ0v) is 8.94. The summed E-state index contributed by atoms with van der Waals surface area (Å²) >= 11 is 0. The molecule has 0 aliphatic carbocycles. The first-order valence-corrected chi connectivity index (χ1v) is 5.11. The summed E-state index contributed by atoms with van der Waals surface area (Å²) in [6, 6.07) is 8.58. The molecule has 0 aliphatic heterocycles. The Morgan fingerprint density at radius 3 is 2.47 bits per heavy atom. The normalized spacial score (nSPS) is 10.5. The smallest absolute Gasteiger partial charge is 0.266 e. The first-order valence-electron chi connectivity index (χ1n) is 5.11. The van der Waals surface area contributed by atoms with Crippen molar-refractivity contribution in [2.45, 2.75) is 6.54 Å². The Hall–Kier alpha value is -2.04. The number of hydrogen-bond donors (Lipinski definition) is 0. The summed E-state index contributed by atoms with van der Waals surface area (Å²) < 4.78 is 26.0. The molecular weight excluding hydrogens is 226 g/mol. The van der Waals surface area contributed by atoms with E-state index in [1.54, 1.807) is 12.1 Å². The van der Waals surface area contributed by atoms with Gasteiger partial charge in [0.15, 0.2) is 0 Å². The maximum Gasteiger partial charge on any atom is 0.266 e. The number of aromatic nitrogens is 2. The van der Waals surface area contributed by atoms with Crippen LogP contribution in [0.5, 0.6) is 0 Å². The van der Waals surface area contributed by atoms with E-state index in [1.807, 2.05) is 0 Å². The molecule has 17 heavy (non-hydrogen) atoms. The predicted octanol–water partition coefficient (Wildman–Crippen LogP) is 2.02. The Bertz CT molecular complexity index is 563. The van der Waals surface area contributed by atoms with Gasteiger partial charge in [-0.3, -0.25) is 4.79 Å². The highest BCUT2D eigenvalue weighted by atomic mass is 19.1. The molecule has 0 N–H and O–H groups in total. The summed E-state index contributed by atoms with van der Waals surface area (Å²) in [6.45, 7) is -0.729. The van der Waals surface area contributed by atoms with Crippen molar-refractivity contribution in [2.24, 2.45) is 0 Å². The molecule has 1 aromatic carbocycles. The minimum atomic E-state index is -0.653. The minimum Gasteiger partial charge on any atom is -0.268 e. The average Bonchev–Trinajstić information content (AvgIpc) is 2.33. The van der Waals surface area contributed by atoms with Crippen LogP contribution in [-0.2, 0) is 6.54 Å². The van der Waals surface area contributed by atoms with Crippen LogP contribution in [0.1, 0.15) is 0 Å². The molecule has 88 valence electrons. The highest BCUT2D eigenvalue weighted by Gasteiger charge is 2.03. The van der Waals surface area contributed by atoms with E-state index in [2.05, 4.69) is 5.10 Å². The van der Waals surface area contributed by atoms with Gasteiger partial charge in [-0.2, -0.15) is 5.10 Å². The van der Waals surface area contributed by atoms with Gasteiger partial charge < -0.3 is 0 Å². The SMILES string of the molecule is O=c1ccc(-c2ccc(F)cc2)nn1CCF. The van der Waals surface area contributed by atoms with Crippen molar-refractivity contribution in [3.05, 3.63) is 52.6 Å². The average molecular weight is 236 g/mol. The molecule has 0 spiro atoms. The lowest BCUT2D eigenvalue weighted by Crippen LogP contribution is -2.23. The quantitative estimate of drug-likeness (QED) is 0.817. The molecule has 5 heteroatoms. The highest BCUT2D eigenvalue weighted by molar-refractivity contribution is 5.57. The molecule has 0 saturated carbocycles. The van der Waals surface area contributed by atoms with Gasteiger partial charge in [-0.25, -0.2) is 13.5 Å². The first kappa shape index (κ1) is 11.4. The Balaban J connectivity index is 2.42. The standard InChI is InChI=1S/C12H10F2N2O/c13-7-8-16-12(17)6-5-11(15-16)9-1-3-10(14)4-2-9/h1-6H,7-8H2. The second-order valence-electron chi connectivity index (χ2n) is 3.48. The van der Waals surface area contributed by atoms with Crippen molar-refractivity contribution in [3.63, 3.8) is 0 Å². The Morgan fingerprint density at radius 2 is 1.82 bits per heavy atom. The van der Waals surface area contributed by atoms with Gasteiger partial charge in [-0.15, -0.1) is 0 Å². The van der Waals surface area contributed by atoms with Crippen molar-refractivity contribution in [1.29, 1.82) is 0 Å². The molecule has 0 atom stereocenters. The fourth-order valence-electron chi connectivity index (χ4n) is 1.46. The number of aryl methyl sites for hydroxylation is 1. The number of nitrogens with zero attached hydrogens (tertiary/aromatic N) is 2. The number of benzene rings is 1. The van der Waals surface area contributed by atoms with Crippen LogP contribution in [0.2, 0.25) is 0 Å². The van der Waals surface area contributed by atoms with Crippen LogP contribution < -0.4 is 5.56 Å². The molecular formula is C12H10F2N2O. The van der Waals surface area contributed by atoms with E-state index in [-0.39, 0.29) is 17.9 Å². The molecule has 0 radical (unpaired) electrons. The lowest BCUT2D eigenvalue weighted by atomic mass is 10.1. The van der Waals surface area contributed by atoms with Crippen LogP contribution in [0.3, 0.4) is 0 Å². The highest BCUT2D eigenvalue weighted by Crippen LogP contribution is 2.15. The summed E-state index contributed by atoms with van der Waals surface area (Å²) in [4.78, 5) is 11.3. The second kappa shape index (κ2) is 4.86. The van der Waals surface area contributed by atoms with E-state index in [0.717, 1.165) is 4.68 Å². The summed E-state index contributed by atoms with van der Waals surface area (Å²) in [5.41, 5.74) is 0.838. The van der Waals surface area contributed by atoms with Gasteiger partial charge >= 0.3 is 0 Å². The first-order chi connectivity index (χ1) is 8.20. The van der Waals surface area contributed by atoms with Crippen molar-refractivity contribution in [1.82, 2.24) is 9.78 Å². The molecule has 0 aliphatic rings. The third-order valence-corrected chi connectivity index (χ3v) is 2.30. The number of rotatable bonds is 3. The third-order valence-electron chi connectivity index (χ3n) is 2.30. The number of halogens is 2. The van der Waals surface area contributed by atoms with Crippen LogP contribution in [0, 0.1) is 5.82 Å². The van der Waals surface area contributed by atoms with Gasteiger partial charge in [0.1, 0.15) is 12.5 Å². The molecule has 3 nitrogen and oxygen atoms in total. The van der Waals surface area contributed by atoms with E-state index < -0.39 is 6.67 Å².